The van der Waals surface area contributed by atoms with Crippen molar-refractivity contribution in [2.45, 2.75) is 51.1 Å². The summed E-state index contributed by atoms with van der Waals surface area (Å²) in [6.07, 6.45) is 6.43. The molecule has 2 amide bonds. The van der Waals surface area contributed by atoms with E-state index in [1.807, 2.05) is 0 Å². The summed E-state index contributed by atoms with van der Waals surface area (Å²) in [5, 5.41) is 5.52. The van der Waals surface area contributed by atoms with Crippen LogP contribution in [0.25, 0.3) is 0 Å². The Bertz CT molecular complexity index is 558. The lowest BCUT2D eigenvalue weighted by Crippen LogP contribution is -2.45. The van der Waals surface area contributed by atoms with Gasteiger partial charge in [0.2, 0.25) is 0 Å². The van der Waals surface area contributed by atoms with Gasteiger partial charge in [0.15, 0.2) is 5.69 Å². The van der Waals surface area contributed by atoms with Crippen LogP contribution in [0.4, 0.5) is 4.79 Å². The largest absolute Gasteiger partial charge is 0.464 e. The number of urea groups is 1. The Balaban J connectivity index is 1.97. The Morgan fingerprint density at radius 2 is 2.08 bits per heavy atom. The van der Waals surface area contributed by atoms with E-state index >= 15 is 0 Å². The molecule has 1 aromatic rings. The van der Waals surface area contributed by atoms with Gasteiger partial charge in [-0.15, -0.1) is 11.3 Å². The van der Waals surface area contributed by atoms with Crippen molar-refractivity contribution in [1.82, 2.24) is 15.2 Å². The highest BCUT2D eigenvalue weighted by Crippen LogP contribution is 2.18. The number of ether oxygens (including phenoxy) is 2. The first kappa shape index (κ1) is 19.7. The van der Waals surface area contributed by atoms with E-state index in [-0.39, 0.29) is 17.8 Å². The number of aromatic nitrogens is 1. The minimum atomic E-state index is -0.458. The lowest BCUT2D eigenvalue weighted by Gasteiger charge is -2.28. The molecule has 2 rings (SSSR count). The number of nitrogens with one attached hydrogen (secondary N) is 1. The molecule has 0 unspecified atom stereocenters. The van der Waals surface area contributed by atoms with Crippen LogP contribution in [-0.2, 0) is 16.0 Å². The van der Waals surface area contributed by atoms with Crippen molar-refractivity contribution in [3.8, 4) is 0 Å². The Morgan fingerprint density at radius 1 is 1.32 bits per heavy atom. The van der Waals surface area contributed by atoms with Crippen molar-refractivity contribution in [3.05, 3.63) is 16.1 Å². The minimum Gasteiger partial charge on any atom is -0.464 e. The van der Waals surface area contributed by atoms with Crippen LogP contribution in [0.3, 0.4) is 0 Å². The number of carbonyl (C=O) groups is 2. The summed E-state index contributed by atoms with van der Waals surface area (Å²) >= 11 is 1.36. The number of esters is 1. The van der Waals surface area contributed by atoms with Crippen LogP contribution in [0.5, 0.6) is 0 Å². The summed E-state index contributed by atoms with van der Waals surface area (Å²) in [7, 11) is 2.98. The zero-order valence-electron chi connectivity index (χ0n) is 15.0. The van der Waals surface area contributed by atoms with Crippen LogP contribution in [0, 0.1) is 0 Å². The lowest BCUT2D eigenvalue weighted by molar-refractivity contribution is 0.0594. The molecule has 0 spiro atoms. The van der Waals surface area contributed by atoms with Gasteiger partial charge >= 0.3 is 12.0 Å². The van der Waals surface area contributed by atoms with Crippen molar-refractivity contribution >= 4 is 23.3 Å². The van der Waals surface area contributed by atoms with Crippen molar-refractivity contribution in [2.75, 3.05) is 27.4 Å². The van der Waals surface area contributed by atoms with Gasteiger partial charge in [-0.3, -0.25) is 0 Å². The van der Waals surface area contributed by atoms with E-state index in [0.29, 0.717) is 19.7 Å². The fourth-order valence-electron chi connectivity index (χ4n) is 2.91. The zero-order valence-corrected chi connectivity index (χ0v) is 15.8. The molecule has 1 aliphatic carbocycles. The number of thiazole rings is 1. The molecule has 1 fully saturated rings. The van der Waals surface area contributed by atoms with Gasteiger partial charge in [0, 0.05) is 31.7 Å². The van der Waals surface area contributed by atoms with Crippen LogP contribution < -0.4 is 5.32 Å². The molecule has 0 aromatic carbocycles. The van der Waals surface area contributed by atoms with E-state index in [1.165, 1.54) is 37.7 Å². The Hall–Kier alpha value is -1.67. The maximum atomic E-state index is 12.7. The maximum absolute atomic E-state index is 12.7. The maximum Gasteiger partial charge on any atom is 0.357 e. The highest BCUT2D eigenvalue weighted by Gasteiger charge is 2.21. The zero-order chi connectivity index (χ0) is 18.1. The van der Waals surface area contributed by atoms with E-state index in [1.54, 1.807) is 17.4 Å². The van der Waals surface area contributed by atoms with E-state index < -0.39 is 5.97 Å². The fraction of sp³-hybridized carbons (Fsp3) is 0.706. The number of nitrogens with zero attached hydrogens (tertiary/aromatic N) is 2. The van der Waals surface area contributed by atoms with E-state index in [4.69, 9.17) is 4.74 Å². The molecule has 8 heteroatoms. The van der Waals surface area contributed by atoms with E-state index in [2.05, 4.69) is 15.0 Å². The summed E-state index contributed by atoms with van der Waals surface area (Å²) in [6.45, 7) is 1.56. The highest BCUT2D eigenvalue weighted by atomic mass is 32.1. The van der Waals surface area contributed by atoms with Crippen molar-refractivity contribution < 1.29 is 19.1 Å². The lowest BCUT2D eigenvalue weighted by atomic mass is 9.96. The van der Waals surface area contributed by atoms with Gasteiger partial charge in [0.1, 0.15) is 5.01 Å². The number of amides is 2. The number of rotatable bonds is 8. The predicted octanol–water partition coefficient (Wildman–Crippen LogP) is 2.81. The highest BCUT2D eigenvalue weighted by molar-refractivity contribution is 7.09. The second-order valence-corrected chi connectivity index (χ2v) is 7.11. The van der Waals surface area contributed by atoms with Gasteiger partial charge in [0.25, 0.3) is 0 Å². The van der Waals surface area contributed by atoms with Crippen LogP contribution in [-0.4, -0.2) is 55.3 Å². The van der Waals surface area contributed by atoms with E-state index in [9.17, 15) is 9.59 Å². The van der Waals surface area contributed by atoms with Gasteiger partial charge in [-0.25, -0.2) is 14.6 Å². The first-order valence-electron chi connectivity index (χ1n) is 8.71. The summed E-state index contributed by atoms with van der Waals surface area (Å²) < 4.78 is 9.77. The first-order chi connectivity index (χ1) is 12.1. The van der Waals surface area contributed by atoms with Crippen molar-refractivity contribution in [3.63, 3.8) is 0 Å². The summed E-state index contributed by atoms with van der Waals surface area (Å²) in [4.78, 5) is 30.2. The molecule has 7 nitrogen and oxygen atoms in total. The second-order valence-electron chi connectivity index (χ2n) is 6.17. The van der Waals surface area contributed by atoms with Crippen molar-refractivity contribution in [2.24, 2.45) is 0 Å². The normalized spacial score (nSPS) is 15.0. The van der Waals surface area contributed by atoms with Crippen LogP contribution in [0.15, 0.2) is 5.38 Å². The monoisotopic (exact) mass is 369 g/mol. The SMILES string of the molecule is COCCCN(Cc1nc(C(=O)OC)cs1)C(=O)NC1CCCCC1. The third kappa shape index (κ3) is 6.28. The van der Waals surface area contributed by atoms with Crippen LogP contribution in [0.1, 0.15) is 54.0 Å². The average molecular weight is 369 g/mol. The molecule has 1 N–H and O–H groups in total. The Kier molecular flexibility index (Phi) is 8.14. The molecule has 0 saturated heterocycles. The number of methoxy groups -OCH3 is 2. The Labute approximate surface area is 152 Å². The molecule has 1 aromatic heterocycles. The first-order valence-corrected chi connectivity index (χ1v) is 9.59. The van der Waals surface area contributed by atoms with Gasteiger partial charge in [-0.05, 0) is 19.3 Å². The van der Waals surface area contributed by atoms with Gasteiger partial charge < -0.3 is 19.7 Å². The second kappa shape index (κ2) is 10.4. The smallest absolute Gasteiger partial charge is 0.357 e. The molecule has 25 heavy (non-hydrogen) atoms. The van der Waals surface area contributed by atoms with E-state index in [0.717, 1.165) is 24.3 Å². The number of hydrogen-bond acceptors (Lipinski definition) is 6. The number of hydrogen-bond donors (Lipinski definition) is 1. The van der Waals surface area contributed by atoms with Gasteiger partial charge in [-0.2, -0.15) is 0 Å². The van der Waals surface area contributed by atoms with Crippen LogP contribution >= 0.6 is 11.3 Å². The predicted molar refractivity (Wildman–Crippen MR) is 95.8 cm³/mol. The van der Waals surface area contributed by atoms with Gasteiger partial charge in [-0.1, -0.05) is 19.3 Å². The quantitative estimate of drug-likeness (QED) is 0.563. The third-order valence-electron chi connectivity index (χ3n) is 4.27. The van der Waals surface area contributed by atoms with Crippen LogP contribution in [0.2, 0.25) is 0 Å². The molecular formula is C17H27N3O4S. The number of carbonyl (C=O) groups excluding carboxylic acids is 2. The molecule has 140 valence electrons. The Morgan fingerprint density at radius 3 is 2.76 bits per heavy atom. The third-order valence-corrected chi connectivity index (χ3v) is 5.10. The molecule has 1 saturated carbocycles. The molecule has 0 radical (unpaired) electrons. The molecule has 0 bridgehead atoms. The molecule has 1 aliphatic rings. The molecule has 1 heterocycles. The molecule has 0 aliphatic heterocycles. The topological polar surface area (TPSA) is 80.8 Å². The van der Waals surface area contributed by atoms with Gasteiger partial charge in [0.05, 0.1) is 13.7 Å². The summed E-state index contributed by atoms with van der Waals surface area (Å²) in [5.41, 5.74) is 0.284. The minimum absolute atomic E-state index is 0.0715. The molecule has 0 atom stereocenters. The standard InChI is InChI=1S/C17H27N3O4S/c1-23-10-6-9-20(17(22)18-13-7-4-3-5-8-13)11-15-19-14(12-25-15)16(21)24-2/h12-13H,3-11H2,1-2H3,(H,18,22). The molecular weight excluding hydrogens is 342 g/mol. The summed E-state index contributed by atoms with van der Waals surface area (Å²) in [5.74, 6) is -0.458. The van der Waals surface area contributed by atoms with Crippen molar-refractivity contribution in [1.29, 1.82) is 0 Å². The summed E-state index contributed by atoms with van der Waals surface area (Å²) in [6, 6.07) is 0.186. The average Bonchev–Trinajstić information content (AvgIpc) is 3.10. The fourth-order valence-corrected chi connectivity index (χ4v) is 3.69.